The zero-order valence-electron chi connectivity index (χ0n) is 18.7. The zero-order valence-corrected chi connectivity index (χ0v) is 20.3. The molecule has 0 saturated carbocycles. The zero-order chi connectivity index (χ0) is 24.3. The third kappa shape index (κ3) is 5.32. The van der Waals surface area contributed by atoms with Gasteiger partial charge < -0.3 is 5.32 Å². The number of hydrogen-bond donors (Lipinski definition) is 1. The van der Waals surface area contributed by atoms with E-state index in [1.54, 1.807) is 12.1 Å². The maximum absolute atomic E-state index is 13.2. The predicted octanol–water partition coefficient (Wildman–Crippen LogP) is 3.04. The van der Waals surface area contributed by atoms with Gasteiger partial charge >= 0.3 is 0 Å². The molecule has 2 fully saturated rings. The van der Waals surface area contributed by atoms with Crippen LogP contribution >= 0.6 is 0 Å². The maximum Gasteiger partial charge on any atom is 0.243 e. The molecular weight excluding hydrogens is 481 g/mol. The third-order valence-corrected chi connectivity index (χ3v) is 10.1. The normalized spacial score (nSPS) is 20.7. The summed E-state index contributed by atoms with van der Waals surface area (Å²) in [6, 6.07) is 10.7. The van der Waals surface area contributed by atoms with Gasteiger partial charge in [-0.25, -0.2) is 21.2 Å². The van der Waals surface area contributed by atoms with Gasteiger partial charge in [0.15, 0.2) is 0 Å². The van der Waals surface area contributed by atoms with E-state index in [4.69, 9.17) is 0 Å². The SMILES string of the molecule is O=C(Nc1ccc(S(=O)(=O)N2CCCCC2)cc1)[C@H]1CCCN(S(=O)(=O)c2ccc(F)cc2)C1. The molecule has 8 nitrogen and oxygen atoms in total. The first-order valence-electron chi connectivity index (χ1n) is 11.3. The van der Waals surface area contributed by atoms with E-state index in [1.807, 2.05) is 0 Å². The van der Waals surface area contributed by atoms with Crippen LogP contribution in [0.2, 0.25) is 0 Å². The molecular formula is C23H28FN3O5S2. The molecule has 4 rings (SSSR count). The number of amides is 1. The molecule has 0 radical (unpaired) electrons. The van der Waals surface area contributed by atoms with Crippen molar-refractivity contribution in [3.63, 3.8) is 0 Å². The van der Waals surface area contributed by atoms with Gasteiger partial charge in [-0.15, -0.1) is 0 Å². The molecule has 0 aliphatic carbocycles. The number of sulfonamides is 2. The number of hydrogen-bond acceptors (Lipinski definition) is 5. The lowest BCUT2D eigenvalue weighted by atomic mass is 9.99. The van der Waals surface area contributed by atoms with E-state index in [-0.39, 0.29) is 28.8 Å². The van der Waals surface area contributed by atoms with E-state index >= 15 is 0 Å². The van der Waals surface area contributed by atoms with Crippen LogP contribution in [-0.2, 0) is 24.8 Å². The Bertz CT molecular complexity index is 1230. The summed E-state index contributed by atoms with van der Waals surface area (Å²) in [5.74, 6) is -1.41. The molecule has 184 valence electrons. The standard InChI is InChI=1S/C23H28FN3O5S2/c24-19-6-10-21(11-7-19)34(31,32)27-16-4-5-18(17-27)23(28)25-20-8-12-22(13-9-20)33(29,30)26-14-2-1-3-15-26/h6-13,18H,1-5,14-17H2,(H,25,28)/t18-/m0/s1. The van der Waals surface area contributed by atoms with E-state index in [2.05, 4.69) is 5.32 Å². The number of benzene rings is 2. The van der Waals surface area contributed by atoms with Crippen LogP contribution in [0.5, 0.6) is 0 Å². The van der Waals surface area contributed by atoms with Gasteiger partial charge in [0.2, 0.25) is 26.0 Å². The summed E-state index contributed by atoms with van der Waals surface area (Å²) >= 11 is 0. The first-order chi connectivity index (χ1) is 16.2. The summed E-state index contributed by atoms with van der Waals surface area (Å²) in [6.45, 7) is 1.33. The Labute approximate surface area is 199 Å². The smallest absolute Gasteiger partial charge is 0.243 e. The Hall–Kier alpha value is -2.34. The quantitative estimate of drug-likeness (QED) is 0.645. The lowest BCUT2D eigenvalue weighted by molar-refractivity contribution is -0.120. The van der Waals surface area contributed by atoms with Crippen LogP contribution in [0.3, 0.4) is 0 Å². The fourth-order valence-corrected chi connectivity index (χ4v) is 7.38. The Balaban J connectivity index is 1.41. The average Bonchev–Trinajstić information content (AvgIpc) is 2.85. The Morgan fingerprint density at radius 2 is 1.29 bits per heavy atom. The summed E-state index contributed by atoms with van der Waals surface area (Å²) < 4.78 is 67.3. The van der Waals surface area contributed by atoms with Crippen molar-refractivity contribution in [1.29, 1.82) is 0 Å². The number of anilines is 1. The molecule has 2 saturated heterocycles. The highest BCUT2D eigenvalue weighted by molar-refractivity contribution is 7.89. The van der Waals surface area contributed by atoms with Crippen LogP contribution in [0.25, 0.3) is 0 Å². The molecule has 2 aromatic rings. The molecule has 0 aromatic heterocycles. The third-order valence-electron chi connectivity index (χ3n) is 6.28. The minimum atomic E-state index is -3.84. The molecule has 1 atom stereocenters. The maximum atomic E-state index is 13.2. The largest absolute Gasteiger partial charge is 0.326 e. The molecule has 0 spiro atoms. The molecule has 0 bridgehead atoms. The lowest BCUT2D eigenvalue weighted by Crippen LogP contribution is -2.43. The molecule has 2 aliphatic rings. The number of piperidine rings is 2. The van der Waals surface area contributed by atoms with Crippen molar-refractivity contribution < 1.29 is 26.0 Å². The minimum absolute atomic E-state index is 0.0135. The lowest BCUT2D eigenvalue weighted by Gasteiger charge is -2.31. The fourth-order valence-electron chi connectivity index (χ4n) is 4.34. The van der Waals surface area contributed by atoms with Crippen molar-refractivity contribution in [1.82, 2.24) is 8.61 Å². The van der Waals surface area contributed by atoms with Crippen LogP contribution in [-0.4, -0.2) is 57.5 Å². The molecule has 1 N–H and O–H groups in total. The molecule has 2 aromatic carbocycles. The van der Waals surface area contributed by atoms with Gasteiger partial charge in [-0.3, -0.25) is 4.79 Å². The van der Waals surface area contributed by atoms with Gasteiger partial charge in [-0.2, -0.15) is 8.61 Å². The summed E-state index contributed by atoms with van der Waals surface area (Å²) in [5, 5.41) is 2.77. The van der Waals surface area contributed by atoms with E-state index < -0.39 is 31.8 Å². The topological polar surface area (TPSA) is 104 Å². The van der Waals surface area contributed by atoms with Gasteiger partial charge in [-0.05, 0) is 74.2 Å². The highest BCUT2D eigenvalue weighted by Gasteiger charge is 2.33. The van der Waals surface area contributed by atoms with Crippen molar-refractivity contribution >= 4 is 31.6 Å². The van der Waals surface area contributed by atoms with Crippen molar-refractivity contribution in [2.24, 2.45) is 5.92 Å². The minimum Gasteiger partial charge on any atom is -0.326 e. The molecule has 1 amide bonds. The van der Waals surface area contributed by atoms with Crippen molar-refractivity contribution in [2.45, 2.75) is 41.9 Å². The number of carbonyl (C=O) groups excluding carboxylic acids is 1. The van der Waals surface area contributed by atoms with Crippen LogP contribution in [0.4, 0.5) is 10.1 Å². The monoisotopic (exact) mass is 509 g/mol. The van der Waals surface area contributed by atoms with E-state index in [0.29, 0.717) is 31.6 Å². The van der Waals surface area contributed by atoms with Gasteiger partial charge in [0, 0.05) is 31.9 Å². The molecule has 11 heteroatoms. The first kappa shape index (κ1) is 24.8. The Morgan fingerprint density at radius 3 is 1.91 bits per heavy atom. The van der Waals surface area contributed by atoms with Crippen LogP contribution in [0.1, 0.15) is 32.1 Å². The van der Waals surface area contributed by atoms with Gasteiger partial charge in [-0.1, -0.05) is 6.42 Å². The van der Waals surface area contributed by atoms with E-state index in [1.165, 1.54) is 32.9 Å². The Kier molecular flexibility index (Phi) is 7.36. The van der Waals surface area contributed by atoms with Crippen molar-refractivity contribution in [3.8, 4) is 0 Å². The number of halogens is 1. The van der Waals surface area contributed by atoms with Crippen molar-refractivity contribution in [2.75, 3.05) is 31.5 Å². The van der Waals surface area contributed by atoms with E-state index in [0.717, 1.165) is 31.4 Å². The highest BCUT2D eigenvalue weighted by atomic mass is 32.2. The molecule has 0 unspecified atom stereocenters. The summed E-state index contributed by atoms with van der Waals surface area (Å²) in [6.07, 6.45) is 3.78. The predicted molar refractivity (Wildman–Crippen MR) is 126 cm³/mol. The second-order valence-corrected chi connectivity index (χ2v) is 12.5. The summed E-state index contributed by atoms with van der Waals surface area (Å²) in [4.78, 5) is 13.0. The van der Waals surface area contributed by atoms with Gasteiger partial charge in [0.05, 0.1) is 15.7 Å². The summed E-state index contributed by atoms with van der Waals surface area (Å²) in [5.41, 5.74) is 0.445. The molecule has 2 heterocycles. The fraction of sp³-hybridized carbons (Fsp3) is 0.435. The first-order valence-corrected chi connectivity index (χ1v) is 14.2. The van der Waals surface area contributed by atoms with Crippen molar-refractivity contribution in [3.05, 3.63) is 54.3 Å². The number of nitrogens with one attached hydrogen (secondary N) is 1. The molecule has 34 heavy (non-hydrogen) atoms. The van der Waals surface area contributed by atoms with Crippen LogP contribution in [0.15, 0.2) is 58.3 Å². The Morgan fingerprint density at radius 1 is 0.765 bits per heavy atom. The van der Waals surface area contributed by atoms with Gasteiger partial charge in [0.1, 0.15) is 5.82 Å². The van der Waals surface area contributed by atoms with Crippen LogP contribution in [0, 0.1) is 11.7 Å². The number of nitrogens with zero attached hydrogens (tertiary/aromatic N) is 2. The summed E-state index contributed by atoms with van der Waals surface area (Å²) in [7, 11) is -7.39. The molecule has 2 aliphatic heterocycles. The second kappa shape index (κ2) is 10.1. The average molecular weight is 510 g/mol. The van der Waals surface area contributed by atoms with Gasteiger partial charge in [0.25, 0.3) is 0 Å². The second-order valence-electron chi connectivity index (χ2n) is 8.63. The number of carbonyl (C=O) groups is 1. The highest BCUT2D eigenvalue weighted by Crippen LogP contribution is 2.26. The van der Waals surface area contributed by atoms with Crippen LogP contribution < -0.4 is 5.32 Å². The number of rotatable bonds is 6. The van der Waals surface area contributed by atoms with E-state index in [9.17, 15) is 26.0 Å².